The number of hydrogen-bond donors (Lipinski definition) is 2. The molecular formula is C21H22IN5O2S. The zero-order valence-electron chi connectivity index (χ0n) is 16.8. The van der Waals surface area contributed by atoms with E-state index in [-0.39, 0.29) is 23.6 Å². The molecule has 0 aliphatic rings. The van der Waals surface area contributed by atoms with Gasteiger partial charge in [-0.15, -0.1) is 10.2 Å². The van der Waals surface area contributed by atoms with Gasteiger partial charge in [0.1, 0.15) is 0 Å². The first kappa shape index (κ1) is 22.3. The van der Waals surface area contributed by atoms with Crippen LogP contribution in [0.3, 0.4) is 0 Å². The van der Waals surface area contributed by atoms with Gasteiger partial charge in [0.15, 0.2) is 11.0 Å². The third-order valence-corrected chi connectivity index (χ3v) is 6.12. The predicted molar refractivity (Wildman–Crippen MR) is 127 cm³/mol. The first-order chi connectivity index (χ1) is 14.3. The number of thioether (sulfide) groups is 1. The fraction of sp³-hybridized carbons (Fsp3) is 0.238. The summed E-state index contributed by atoms with van der Waals surface area (Å²) >= 11 is 3.51. The minimum atomic E-state index is -0.328. The van der Waals surface area contributed by atoms with Crippen LogP contribution in [-0.4, -0.2) is 32.3 Å². The number of benzene rings is 2. The Labute approximate surface area is 193 Å². The number of aryl methyl sites for hydroxylation is 1. The fourth-order valence-electron chi connectivity index (χ4n) is 2.74. The lowest BCUT2D eigenvalue weighted by atomic mass is 10.1. The Bertz CT molecular complexity index is 1030. The highest BCUT2D eigenvalue weighted by Gasteiger charge is 2.19. The first-order valence-corrected chi connectivity index (χ1v) is 11.3. The number of anilines is 1. The summed E-state index contributed by atoms with van der Waals surface area (Å²) in [7, 11) is 1.82. The highest BCUT2D eigenvalue weighted by molar-refractivity contribution is 14.1. The van der Waals surface area contributed by atoms with Crippen molar-refractivity contribution in [3.63, 3.8) is 0 Å². The van der Waals surface area contributed by atoms with Crippen molar-refractivity contribution < 1.29 is 9.59 Å². The van der Waals surface area contributed by atoms with Crippen LogP contribution in [0.1, 0.15) is 34.7 Å². The molecule has 0 unspecified atom stereocenters. The van der Waals surface area contributed by atoms with Crippen LogP contribution in [0.2, 0.25) is 0 Å². The van der Waals surface area contributed by atoms with Crippen LogP contribution in [-0.2, 0) is 11.8 Å². The standard InChI is InChI=1S/C21H22IN5O2S/c1-13-4-6-15(7-5-13)20(29)23-14(2)19-25-26-21(27(19)3)30-12-18(28)24-17-10-8-16(22)9-11-17/h4-11,14H,12H2,1-3H3,(H,23,29)(H,24,28)/t14-/m1/s1. The summed E-state index contributed by atoms with van der Waals surface area (Å²) in [5.74, 6) is 0.543. The van der Waals surface area contributed by atoms with E-state index < -0.39 is 0 Å². The summed E-state index contributed by atoms with van der Waals surface area (Å²) in [5.41, 5.74) is 2.45. The second-order valence-electron chi connectivity index (χ2n) is 6.80. The van der Waals surface area contributed by atoms with Crippen LogP contribution >= 0.6 is 34.4 Å². The van der Waals surface area contributed by atoms with Crippen molar-refractivity contribution in [3.05, 3.63) is 69.1 Å². The number of halogens is 1. The lowest BCUT2D eigenvalue weighted by molar-refractivity contribution is -0.113. The van der Waals surface area contributed by atoms with E-state index in [4.69, 9.17) is 0 Å². The Morgan fingerprint density at radius 1 is 1.10 bits per heavy atom. The van der Waals surface area contributed by atoms with Crippen molar-refractivity contribution in [1.82, 2.24) is 20.1 Å². The molecule has 0 aliphatic carbocycles. The Morgan fingerprint density at radius 3 is 2.43 bits per heavy atom. The smallest absolute Gasteiger partial charge is 0.251 e. The van der Waals surface area contributed by atoms with Gasteiger partial charge in [0, 0.05) is 21.9 Å². The largest absolute Gasteiger partial charge is 0.342 e. The Balaban J connectivity index is 1.56. The Hall–Kier alpha value is -2.40. The van der Waals surface area contributed by atoms with E-state index in [9.17, 15) is 9.59 Å². The Kier molecular flexibility index (Phi) is 7.48. The first-order valence-electron chi connectivity index (χ1n) is 9.28. The maximum Gasteiger partial charge on any atom is 0.251 e. The molecule has 1 heterocycles. The normalized spacial score (nSPS) is 11.7. The number of hydrogen-bond acceptors (Lipinski definition) is 5. The molecule has 0 saturated carbocycles. The summed E-state index contributed by atoms with van der Waals surface area (Å²) in [5, 5.41) is 14.8. The third kappa shape index (κ3) is 5.82. The quantitative estimate of drug-likeness (QED) is 0.354. The molecular weight excluding hydrogens is 513 g/mol. The highest BCUT2D eigenvalue weighted by atomic mass is 127. The molecule has 0 spiro atoms. The second-order valence-corrected chi connectivity index (χ2v) is 8.99. The van der Waals surface area contributed by atoms with Gasteiger partial charge >= 0.3 is 0 Å². The second kappa shape index (κ2) is 10.1. The third-order valence-electron chi connectivity index (χ3n) is 4.38. The average Bonchev–Trinajstić information content (AvgIpc) is 3.09. The van der Waals surface area contributed by atoms with Crippen LogP contribution in [0.4, 0.5) is 5.69 Å². The van der Waals surface area contributed by atoms with Crippen molar-refractivity contribution in [2.45, 2.75) is 25.0 Å². The molecule has 0 radical (unpaired) electrons. The fourth-order valence-corrected chi connectivity index (χ4v) is 3.82. The van der Waals surface area contributed by atoms with Crippen LogP contribution in [0.25, 0.3) is 0 Å². The van der Waals surface area contributed by atoms with Crippen molar-refractivity contribution >= 4 is 51.9 Å². The van der Waals surface area contributed by atoms with E-state index in [0.29, 0.717) is 16.5 Å². The summed E-state index contributed by atoms with van der Waals surface area (Å²) in [6.45, 7) is 3.83. The molecule has 30 heavy (non-hydrogen) atoms. The van der Waals surface area contributed by atoms with Gasteiger partial charge in [-0.25, -0.2) is 0 Å². The molecule has 0 saturated heterocycles. The average molecular weight is 535 g/mol. The monoisotopic (exact) mass is 535 g/mol. The van der Waals surface area contributed by atoms with Crippen LogP contribution < -0.4 is 10.6 Å². The number of carbonyl (C=O) groups is 2. The molecule has 1 aromatic heterocycles. The Morgan fingerprint density at radius 2 is 1.77 bits per heavy atom. The topological polar surface area (TPSA) is 88.9 Å². The summed E-state index contributed by atoms with van der Waals surface area (Å²) in [6, 6.07) is 14.7. The van der Waals surface area contributed by atoms with E-state index in [1.54, 1.807) is 16.7 Å². The molecule has 0 bridgehead atoms. The lowest BCUT2D eigenvalue weighted by Crippen LogP contribution is -2.28. The molecule has 0 aliphatic heterocycles. The van der Waals surface area contributed by atoms with E-state index in [1.807, 2.05) is 57.3 Å². The molecule has 156 valence electrons. The maximum absolute atomic E-state index is 12.4. The molecule has 7 nitrogen and oxygen atoms in total. The van der Waals surface area contributed by atoms with Crippen molar-refractivity contribution in [2.75, 3.05) is 11.1 Å². The predicted octanol–water partition coefficient (Wildman–Crippen LogP) is 3.95. The molecule has 2 amide bonds. The molecule has 3 rings (SSSR count). The summed E-state index contributed by atoms with van der Waals surface area (Å²) < 4.78 is 2.90. The molecule has 2 aromatic carbocycles. The van der Waals surface area contributed by atoms with E-state index in [1.165, 1.54) is 11.8 Å². The van der Waals surface area contributed by atoms with Crippen molar-refractivity contribution in [3.8, 4) is 0 Å². The van der Waals surface area contributed by atoms with Crippen molar-refractivity contribution in [1.29, 1.82) is 0 Å². The molecule has 3 aromatic rings. The number of amides is 2. The van der Waals surface area contributed by atoms with Gasteiger partial charge in [0.2, 0.25) is 5.91 Å². The van der Waals surface area contributed by atoms with Gasteiger partial charge in [-0.05, 0) is 72.8 Å². The number of aromatic nitrogens is 3. The van der Waals surface area contributed by atoms with Gasteiger partial charge in [0.25, 0.3) is 5.91 Å². The molecule has 1 atom stereocenters. The number of rotatable bonds is 7. The zero-order valence-corrected chi connectivity index (χ0v) is 19.8. The zero-order chi connectivity index (χ0) is 21.7. The van der Waals surface area contributed by atoms with Crippen LogP contribution in [0, 0.1) is 10.5 Å². The minimum Gasteiger partial charge on any atom is -0.342 e. The number of nitrogens with zero attached hydrogens (tertiary/aromatic N) is 3. The van der Waals surface area contributed by atoms with Gasteiger partial charge in [-0.3, -0.25) is 9.59 Å². The number of nitrogens with one attached hydrogen (secondary N) is 2. The molecule has 2 N–H and O–H groups in total. The van der Waals surface area contributed by atoms with E-state index >= 15 is 0 Å². The summed E-state index contributed by atoms with van der Waals surface area (Å²) in [6.07, 6.45) is 0. The highest BCUT2D eigenvalue weighted by Crippen LogP contribution is 2.20. The van der Waals surface area contributed by atoms with Gasteiger partial charge in [-0.1, -0.05) is 29.5 Å². The number of carbonyl (C=O) groups excluding carboxylic acids is 2. The van der Waals surface area contributed by atoms with Crippen LogP contribution in [0.15, 0.2) is 53.7 Å². The lowest BCUT2D eigenvalue weighted by Gasteiger charge is -2.13. The minimum absolute atomic E-state index is 0.119. The van der Waals surface area contributed by atoms with Crippen LogP contribution in [0.5, 0.6) is 0 Å². The van der Waals surface area contributed by atoms with Gasteiger partial charge in [0.05, 0.1) is 11.8 Å². The SMILES string of the molecule is Cc1ccc(C(=O)N[C@H](C)c2nnc(SCC(=O)Nc3ccc(I)cc3)n2C)cc1. The summed E-state index contributed by atoms with van der Waals surface area (Å²) in [4.78, 5) is 24.6. The van der Waals surface area contributed by atoms with Gasteiger partial charge in [-0.2, -0.15) is 0 Å². The van der Waals surface area contributed by atoms with Crippen molar-refractivity contribution in [2.24, 2.45) is 7.05 Å². The van der Waals surface area contributed by atoms with E-state index in [2.05, 4.69) is 43.4 Å². The molecule has 9 heteroatoms. The molecule has 0 fully saturated rings. The van der Waals surface area contributed by atoms with Gasteiger partial charge < -0.3 is 15.2 Å². The maximum atomic E-state index is 12.4. The van der Waals surface area contributed by atoms with E-state index in [0.717, 1.165) is 14.8 Å².